The van der Waals surface area contributed by atoms with Crippen molar-refractivity contribution in [2.24, 2.45) is 0 Å². The quantitative estimate of drug-likeness (QED) is 0.307. The summed E-state index contributed by atoms with van der Waals surface area (Å²) in [7, 11) is 0. The van der Waals surface area contributed by atoms with Crippen LogP contribution in [0.1, 0.15) is 24.8 Å². The average Bonchev–Trinajstić information content (AvgIpc) is 3.41. The number of rotatable bonds is 9. The minimum absolute atomic E-state index is 0.677. The van der Waals surface area contributed by atoms with E-state index in [2.05, 4.69) is 49.2 Å². The molecule has 0 N–H and O–H groups in total. The molecular weight excluding hydrogens is 382 g/mol. The first-order chi connectivity index (χ1) is 14.3. The second-order valence-electron chi connectivity index (χ2n) is 6.75. The van der Waals surface area contributed by atoms with Crippen LogP contribution in [0.3, 0.4) is 0 Å². The molecule has 148 valence electrons. The fourth-order valence-corrected chi connectivity index (χ4v) is 3.98. The summed E-state index contributed by atoms with van der Waals surface area (Å²) in [5.41, 5.74) is 3.34. The third-order valence-corrected chi connectivity index (χ3v) is 5.64. The third kappa shape index (κ3) is 4.89. The second-order valence-corrected chi connectivity index (χ2v) is 7.82. The fraction of sp³-hybridized carbons (Fsp3) is 0.286. The van der Waals surface area contributed by atoms with Crippen LogP contribution in [0.25, 0.3) is 17.1 Å². The molecule has 0 aliphatic rings. The van der Waals surface area contributed by atoms with Crippen LogP contribution in [-0.4, -0.2) is 40.7 Å². The lowest BCUT2D eigenvalue weighted by Gasteiger charge is -2.08. The molecule has 0 aliphatic heterocycles. The molecule has 0 fully saturated rings. The Morgan fingerprint density at radius 2 is 1.72 bits per heavy atom. The van der Waals surface area contributed by atoms with E-state index in [-0.39, 0.29) is 0 Å². The van der Waals surface area contributed by atoms with Crippen molar-refractivity contribution in [2.45, 2.75) is 37.9 Å². The lowest BCUT2D eigenvalue weighted by Crippen LogP contribution is -2.03. The van der Waals surface area contributed by atoms with Gasteiger partial charge in [-0.25, -0.2) is 0 Å². The predicted octanol–water partition coefficient (Wildman–Crippen LogP) is 4.19. The van der Waals surface area contributed by atoms with Gasteiger partial charge in [0.15, 0.2) is 5.16 Å². The van der Waals surface area contributed by atoms with Gasteiger partial charge in [-0.15, -0.1) is 20.4 Å². The summed E-state index contributed by atoms with van der Waals surface area (Å²) >= 11 is 1.74. The van der Waals surface area contributed by atoms with Gasteiger partial charge in [-0.05, 0) is 36.6 Å². The lowest BCUT2D eigenvalue weighted by molar-refractivity contribution is 0.487. The maximum absolute atomic E-state index is 4.46. The van der Waals surface area contributed by atoms with Gasteiger partial charge in [-0.3, -0.25) is 4.57 Å². The molecule has 8 heteroatoms. The van der Waals surface area contributed by atoms with Crippen molar-refractivity contribution >= 4 is 11.8 Å². The number of tetrazole rings is 1. The maximum atomic E-state index is 4.46. The summed E-state index contributed by atoms with van der Waals surface area (Å²) in [4.78, 5) is 1.68. The van der Waals surface area contributed by atoms with Gasteiger partial charge in [0.25, 0.3) is 0 Å². The van der Waals surface area contributed by atoms with Crippen molar-refractivity contribution in [3.63, 3.8) is 0 Å². The normalized spacial score (nSPS) is 11.1. The zero-order valence-corrected chi connectivity index (χ0v) is 17.2. The Morgan fingerprint density at radius 3 is 2.59 bits per heavy atom. The standard InChI is InChI=1S/C21H23N7S/c1-17-10-6-7-13-19(17)27-16-22-24-21(27)29-15-9-3-8-14-28-25-20(23-26-28)18-11-4-2-5-12-18/h2,4-7,10-13,16H,3,8-9,14-15H2,1H3. The highest BCUT2D eigenvalue weighted by molar-refractivity contribution is 7.99. The summed E-state index contributed by atoms with van der Waals surface area (Å²) in [6, 6.07) is 18.2. The Balaban J connectivity index is 1.21. The minimum Gasteiger partial charge on any atom is -0.276 e. The molecule has 29 heavy (non-hydrogen) atoms. The van der Waals surface area contributed by atoms with Gasteiger partial charge in [-0.1, -0.05) is 66.7 Å². The van der Waals surface area contributed by atoms with Crippen LogP contribution in [0.4, 0.5) is 0 Å². The van der Waals surface area contributed by atoms with Crippen LogP contribution in [0.2, 0.25) is 0 Å². The van der Waals surface area contributed by atoms with Gasteiger partial charge < -0.3 is 0 Å². The van der Waals surface area contributed by atoms with E-state index in [9.17, 15) is 0 Å². The molecule has 0 bridgehead atoms. The van der Waals surface area contributed by atoms with Gasteiger partial charge in [0.1, 0.15) is 6.33 Å². The van der Waals surface area contributed by atoms with Crippen LogP contribution in [0, 0.1) is 6.92 Å². The van der Waals surface area contributed by atoms with E-state index in [1.807, 2.05) is 42.5 Å². The molecule has 7 nitrogen and oxygen atoms in total. The minimum atomic E-state index is 0.677. The van der Waals surface area contributed by atoms with Crippen LogP contribution >= 0.6 is 11.8 Å². The zero-order valence-electron chi connectivity index (χ0n) is 16.3. The summed E-state index contributed by atoms with van der Waals surface area (Å²) in [6.45, 7) is 2.88. The molecule has 0 saturated heterocycles. The number of benzene rings is 2. The molecule has 0 saturated carbocycles. The van der Waals surface area contributed by atoms with Crippen molar-refractivity contribution < 1.29 is 0 Å². The van der Waals surface area contributed by atoms with E-state index >= 15 is 0 Å². The summed E-state index contributed by atoms with van der Waals surface area (Å²) in [5, 5.41) is 22.0. The molecule has 2 aromatic carbocycles. The van der Waals surface area contributed by atoms with Gasteiger partial charge in [-0.2, -0.15) is 4.80 Å². The SMILES string of the molecule is Cc1ccccc1-n1cnnc1SCCCCCn1nnc(-c2ccccc2)n1. The number of nitrogens with zero attached hydrogens (tertiary/aromatic N) is 7. The second kappa shape index (κ2) is 9.47. The Hall–Kier alpha value is -3.00. The highest BCUT2D eigenvalue weighted by atomic mass is 32.2. The molecule has 2 heterocycles. The highest BCUT2D eigenvalue weighted by Crippen LogP contribution is 2.22. The summed E-state index contributed by atoms with van der Waals surface area (Å²) in [6.07, 6.45) is 5.01. The number of hydrogen-bond donors (Lipinski definition) is 0. The van der Waals surface area contributed by atoms with Crippen LogP contribution in [0.15, 0.2) is 66.1 Å². The first-order valence-corrected chi connectivity index (χ1v) is 10.7. The van der Waals surface area contributed by atoms with E-state index in [1.54, 1.807) is 22.9 Å². The van der Waals surface area contributed by atoms with Crippen LogP contribution in [-0.2, 0) is 6.54 Å². The largest absolute Gasteiger partial charge is 0.276 e. The van der Waals surface area contributed by atoms with E-state index in [4.69, 9.17) is 0 Å². The van der Waals surface area contributed by atoms with Crippen LogP contribution in [0.5, 0.6) is 0 Å². The van der Waals surface area contributed by atoms with E-state index in [1.165, 1.54) is 5.56 Å². The van der Waals surface area contributed by atoms with E-state index in [0.717, 1.165) is 48.0 Å². The number of aryl methyl sites for hydroxylation is 2. The first-order valence-electron chi connectivity index (χ1n) is 9.73. The number of thioether (sulfide) groups is 1. The first kappa shape index (κ1) is 19.3. The third-order valence-electron chi connectivity index (χ3n) is 4.61. The van der Waals surface area contributed by atoms with Crippen LogP contribution < -0.4 is 0 Å². The monoisotopic (exact) mass is 405 g/mol. The van der Waals surface area contributed by atoms with Gasteiger partial charge in [0.2, 0.25) is 5.82 Å². The van der Waals surface area contributed by atoms with Crippen molar-refractivity contribution in [2.75, 3.05) is 5.75 Å². The van der Waals surface area contributed by atoms with E-state index < -0.39 is 0 Å². The Kier molecular flexibility index (Phi) is 6.31. The molecule has 0 radical (unpaired) electrons. The van der Waals surface area contributed by atoms with Gasteiger partial charge >= 0.3 is 0 Å². The molecule has 0 aliphatic carbocycles. The van der Waals surface area contributed by atoms with Gasteiger partial charge in [0.05, 0.1) is 12.2 Å². The molecule has 4 rings (SSSR count). The molecule has 0 spiro atoms. The maximum Gasteiger partial charge on any atom is 0.204 e. The fourth-order valence-electron chi connectivity index (χ4n) is 3.06. The number of unbranched alkanes of at least 4 members (excludes halogenated alkanes) is 2. The molecule has 2 aromatic heterocycles. The molecule has 4 aromatic rings. The topological polar surface area (TPSA) is 74.3 Å². The van der Waals surface area contributed by atoms with Crippen molar-refractivity contribution in [1.82, 2.24) is 35.0 Å². The molecule has 0 amide bonds. The van der Waals surface area contributed by atoms with E-state index in [0.29, 0.717) is 5.82 Å². The Labute approximate surface area is 174 Å². The summed E-state index contributed by atoms with van der Waals surface area (Å²) in [5.74, 6) is 1.68. The zero-order chi connectivity index (χ0) is 19.9. The summed E-state index contributed by atoms with van der Waals surface area (Å²) < 4.78 is 2.06. The average molecular weight is 406 g/mol. The van der Waals surface area contributed by atoms with Crippen molar-refractivity contribution in [3.8, 4) is 17.1 Å². The Morgan fingerprint density at radius 1 is 0.897 bits per heavy atom. The number of aromatic nitrogens is 7. The van der Waals surface area contributed by atoms with Gasteiger partial charge in [0, 0.05) is 11.3 Å². The molecular formula is C21H23N7S. The van der Waals surface area contributed by atoms with Crippen molar-refractivity contribution in [3.05, 3.63) is 66.5 Å². The smallest absolute Gasteiger partial charge is 0.204 e. The Bertz CT molecular complexity index is 1040. The highest BCUT2D eigenvalue weighted by Gasteiger charge is 2.09. The lowest BCUT2D eigenvalue weighted by atomic mass is 10.2. The number of para-hydroxylation sites is 1. The molecule has 0 atom stereocenters. The van der Waals surface area contributed by atoms with Crippen molar-refractivity contribution in [1.29, 1.82) is 0 Å². The molecule has 0 unspecified atom stereocenters. The number of hydrogen-bond acceptors (Lipinski definition) is 6. The predicted molar refractivity (Wildman–Crippen MR) is 114 cm³/mol.